The normalized spacial score (nSPS) is 16.6. The molecule has 0 saturated carbocycles. The molecular weight excluding hydrogens is 431 g/mol. The van der Waals surface area contributed by atoms with Crippen LogP contribution in [0.5, 0.6) is 0 Å². The van der Waals surface area contributed by atoms with E-state index < -0.39 is 23.7 Å². The van der Waals surface area contributed by atoms with Gasteiger partial charge in [-0.2, -0.15) is 13.2 Å². The molecule has 9 heteroatoms. The summed E-state index contributed by atoms with van der Waals surface area (Å²) in [6.07, 6.45) is -4.51. The van der Waals surface area contributed by atoms with E-state index in [4.69, 9.17) is 16.3 Å². The summed E-state index contributed by atoms with van der Waals surface area (Å²) in [5, 5.41) is 6.42. The maximum atomic E-state index is 13.3. The lowest BCUT2D eigenvalue weighted by Crippen LogP contribution is -2.40. The van der Waals surface area contributed by atoms with Crippen LogP contribution in [0.1, 0.15) is 31.0 Å². The number of nitrogens with zero attached hydrogens (tertiary/aromatic N) is 1. The van der Waals surface area contributed by atoms with E-state index in [0.29, 0.717) is 37.0 Å². The first kappa shape index (κ1) is 23.4. The number of hydrogen-bond donors (Lipinski definition) is 2. The van der Waals surface area contributed by atoms with Crippen LogP contribution in [0.3, 0.4) is 0 Å². The largest absolute Gasteiger partial charge is 0.416 e. The summed E-state index contributed by atoms with van der Waals surface area (Å²) >= 11 is 6.03. The van der Waals surface area contributed by atoms with E-state index in [1.165, 1.54) is 6.07 Å². The highest BCUT2D eigenvalue weighted by Crippen LogP contribution is 2.36. The van der Waals surface area contributed by atoms with E-state index in [9.17, 15) is 18.0 Å². The van der Waals surface area contributed by atoms with Gasteiger partial charge in [-0.25, -0.2) is 0 Å². The highest BCUT2D eigenvalue weighted by atomic mass is 35.5. The molecule has 2 aromatic rings. The van der Waals surface area contributed by atoms with E-state index in [2.05, 4.69) is 10.6 Å². The Morgan fingerprint density at radius 3 is 2.48 bits per heavy atom. The van der Waals surface area contributed by atoms with Crippen LogP contribution in [0.15, 0.2) is 42.5 Å². The lowest BCUT2D eigenvalue weighted by Gasteiger charge is -2.31. The van der Waals surface area contributed by atoms with Gasteiger partial charge in [-0.05, 0) is 49.7 Å². The molecule has 1 heterocycles. The summed E-state index contributed by atoms with van der Waals surface area (Å²) in [6.45, 7) is 5.58. The van der Waals surface area contributed by atoms with Gasteiger partial charge < -0.3 is 15.0 Å². The van der Waals surface area contributed by atoms with Crippen molar-refractivity contribution in [2.45, 2.75) is 32.1 Å². The van der Waals surface area contributed by atoms with Gasteiger partial charge >= 0.3 is 6.18 Å². The Kier molecular flexibility index (Phi) is 7.46. The molecule has 1 saturated heterocycles. The maximum Gasteiger partial charge on any atom is 0.416 e. The zero-order valence-electron chi connectivity index (χ0n) is 17.3. The summed E-state index contributed by atoms with van der Waals surface area (Å²) < 4.78 is 45.1. The van der Waals surface area contributed by atoms with Gasteiger partial charge in [0, 0.05) is 24.2 Å². The van der Waals surface area contributed by atoms with Gasteiger partial charge in [0.05, 0.1) is 36.2 Å². The zero-order valence-corrected chi connectivity index (χ0v) is 18.1. The zero-order chi connectivity index (χ0) is 22.6. The molecule has 1 aliphatic heterocycles. The Morgan fingerprint density at radius 1 is 1.13 bits per heavy atom. The molecule has 0 spiro atoms. The lowest BCUT2D eigenvalue weighted by molar-refractivity contribution is -0.137. The minimum atomic E-state index is -4.51. The quantitative estimate of drug-likeness (QED) is 0.652. The first-order chi connectivity index (χ1) is 14.6. The molecule has 31 heavy (non-hydrogen) atoms. The molecule has 1 aliphatic rings. The van der Waals surface area contributed by atoms with Crippen LogP contribution >= 0.6 is 11.6 Å². The number of hydrogen-bond acceptors (Lipinski definition) is 4. The summed E-state index contributed by atoms with van der Waals surface area (Å²) in [5.41, 5.74) is 0.762. The minimum absolute atomic E-state index is 0.130. The summed E-state index contributed by atoms with van der Waals surface area (Å²) in [5.74, 6) is -0.428. The van der Waals surface area contributed by atoms with Crippen LogP contribution in [-0.2, 0) is 15.7 Å². The number of alkyl halides is 3. The van der Waals surface area contributed by atoms with E-state index in [-0.39, 0.29) is 11.7 Å². The average Bonchev–Trinajstić information content (AvgIpc) is 2.73. The highest BCUT2D eigenvalue weighted by Gasteiger charge is 2.32. The molecule has 2 aromatic carbocycles. The third kappa shape index (κ3) is 6.12. The Balaban J connectivity index is 1.77. The topological polar surface area (TPSA) is 53.6 Å². The van der Waals surface area contributed by atoms with Crippen molar-refractivity contribution in [1.29, 1.82) is 0 Å². The number of halogens is 4. The van der Waals surface area contributed by atoms with Gasteiger partial charge in [0.1, 0.15) is 0 Å². The Labute approximate surface area is 184 Å². The molecule has 0 unspecified atom stereocenters. The molecule has 3 rings (SSSR count). The Bertz CT molecular complexity index is 917. The first-order valence-electron chi connectivity index (χ1n) is 10.0. The molecule has 2 atom stereocenters. The van der Waals surface area contributed by atoms with Crippen molar-refractivity contribution in [2.75, 3.05) is 36.5 Å². The number of rotatable bonds is 6. The second kappa shape index (κ2) is 9.89. The van der Waals surface area contributed by atoms with Crippen molar-refractivity contribution in [3.8, 4) is 0 Å². The number of nitrogens with one attached hydrogen (secondary N) is 2. The van der Waals surface area contributed by atoms with Gasteiger partial charge in [0.15, 0.2) is 0 Å². The molecule has 0 radical (unpaired) electrons. The monoisotopic (exact) mass is 455 g/mol. The minimum Gasteiger partial charge on any atom is -0.378 e. The fourth-order valence-corrected chi connectivity index (χ4v) is 3.66. The fourth-order valence-electron chi connectivity index (χ4n) is 3.46. The second-order valence-electron chi connectivity index (χ2n) is 7.48. The lowest BCUT2D eigenvalue weighted by atomic mass is 10.1. The van der Waals surface area contributed by atoms with Crippen LogP contribution in [0, 0.1) is 0 Å². The SMILES string of the molecule is C[C@H](N[C@H](C)C(=O)Nc1cc(C(F)(F)F)ccc1N1CCOCC1)c1cccc(Cl)c1. The molecule has 168 valence electrons. The number of morpholine rings is 1. The predicted molar refractivity (Wildman–Crippen MR) is 116 cm³/mol. The van der Waals surface area contributed by atoms with Crippen molar-refractivity contribution >= 4 is 28.9 Å². The van der Waals surface area contributed by atoms with Crippen LogP contribution < -0.4 is 15.5 Å². The molecule has 0 aromatic heterocycles. The maximum absolute atomic E-state index is 13.3. The number of carbonyl (C=O) groups is 1. The highest BCUT2D eigenvalue weighted by molar-refractivity contribution is 6.30. The number of ether oxygens (including phenoxy) is 1. The van der Waals surface area contributed by atoms with E-state index in [1.54, 1.807) is 19.1 Å². The van der Waals surface area contributed by atoms with Crippen molar-refractivity contribution in [3.63, 3.8) is 0 Å². The molecule has 0 bridgehead atoms. The van der Waals surface area contributed by atoms with E-state index >= 15 is 0 Å². The third-order valence-corrected chi connectivity index (χ3v) is 5.41. The van der Waals surface area contributed by atoms with E-state index in [1.807, 2.05) is 24.0 Å². The summed E-state index contributed by atoms with van der Waals surface area (Å²) in [6, 6.07) is 9.84. The van der Waals surface area contributed by atoms with Crippen molar-refractivity contribution in [2.24, 2.45) is 0 Å². The van der Waals surface area contributed by atoms with E-state index in [0.717, 1.165) is 17.7 Å². The van der Waals surface area contributed by atoms with Crippen LogP contribution in [0.4, 0.5) is 24.5 Å². The molecule has 1 fully saturated rings. The molecule has 1 amide bonds. The first-order valence-corrected chi connectivity index (χ1v) is 10.4. The van der Waals surface area contributed by atoms with Crippen molar-refractivity contribution in [1.82, 2.24) is 5.32 Å². The van der Waals surface area contributed by atoms with Gasteiger partial charge in [-0.1, -0.05) is 23.7 Å². The fraction of sp³-hybridized carbons (Fsp3) is 0.409. The molecular formula is C22H25ClF3N3O2. The van der Waals surface area contributed by atoms with Gasteiger partial charge in [0.25, 0.3) is 0 Å². The third-order valence-electron chi connectivity index (χ3n) is 5.18. The van der Waals surface area contributed by atoms with Crippen LogP contribution in [-0.4, -0.2) is 38.3 Å². The van der Waals surface area contributed by atoms with Crippen molar-refractivity contribution in [3.05, 3.63) is 58.6 Å². The molecule has 0 aliphatic carbocycles. The number of amides is 1. The van der Waals surface area contributed by atoms with Gasteiger partial charge in [-0.3, -0.25) is 10.1 Å². The Hall–Kier alpha value is -2.29. The van der Waals surface area contributed by atoms with Crippen LogP contribution in [0.25, 0.3) is 0 Å². The van der Waals surface area contributed by atoms with Crippen LogP contribution in [0.2, 0.25) is 5.02 Å². The smallest absolute Gasteiger partial charge is 0.378 e. The van der Waals surface area contributed by atoms with Gasteiger partial charge in [0.2, 0.25) is 5.91 Å². The van der Waals surface area contributed by atoms with Gasteiger partial charge in [-0.15, -0.1) is 0 Å². The second-order valence-corrected chi connectivity index (χ2v) is 7.92. The average molecular weight is 456 g/mol. The summed E-state index contributed by atoms with van der Waals surface area (Å²) in [7, 11) is 0. The number of carbonyl (C=O) groups excluding carboxylic acids is 1. The summed E-state index contributed by atoms with van der Waals surface area (Å²) in [4.78, 5) is 14.7. The number of anilines is 2. The standard InChI is InChI=1S/C22H25ClF3N3O2/c1-14(16-4-3-5-18(23)12-16)27-15(2)21(30)28-19-13-17(22(24,25)26)6-7-20(19)29-8-10-31-11-9-29/h3-7,12-15,27H,8-11H2,1-2H3,(H,28,30)/t14-,15+/m0/s1. The molecule has 2 N–H and O–H groups in total. The predicted octanol–water partition coefficient (Wildman–Crippen LogP) is 4.87. The Morgan fingerprint density at radius 2 is 1.84 bits per heavy atom. The molecule has 5 nitrogen and oxygen atoms in total. The van der Waals surface area contributed by atoms with Crippen molar-refractivity contribution < 1.29 is 22.7 Å². The number of benzene rings is 2.